The van der Waals surface area contributed by atoms with Gasteiger partial charge < -0.3 is 18.8 Å². The van der Waals surface area contributed by atoms with Crippen molar-refractivity contribution in [2.75, 3.05) is 20.2 Å². The molecule has 1 aliphatic heterocycles. The van der Waals surface area contributed by atoms with Gasteiger partial charge in [-0.05, 0) is 37.1 Å². The monoisotopic (exact) mass is 366 g/mol. The van der Waals surface area contributed by atoms with E-state index < -0.39 is 0 Å². The standard InChI is InChI=1S/C22H23NO4/c1-14-8-9-18-16(10-21(24)27-22(18)15(14)2)11-23(3)12-17-13-25-19-6-4-5-7-20(19)26-17/h4-10,17H,11-13H2,1-3H3/p+1/t17-/m1/s1. The van der Waals surface area contributed by atoms with E-state index >= 15 is 0 Å². The van der Waals surface area contributed by atoms with Crippen LogP contribution in [0.3, 0.4) is 0 Å². The fraction of sp³-hybridized carbons (Fsp3) is 0.318. The summed E-state index contributed by atoms with van der Waals surface area (Å²) in [5.41, 5.74) is 3.53. The number of nitrogens with one attached hydrogen (secondary N) is 1. The highest BCUT2D eigenvalue weighted by molar-refractivity contribution is 5.83. The first-order chi connectivity index (χ1) is 13.0. The van der Waals surface area contributed by atoms with Crippen LogP contribution in [0.5, 0.6) is 11.5 Å². The van der Waals surface area contributed by atoms with Crippen LogP contribution in [0.15, 0.2) is 51.7 Å². The summed E-state index contributed by atoms with van der Waals surface area (Å²) in [6.45, 7) is 6.04. The molecule has 0 bridgehead atoms. The Morgan fingerprint density at radius 3 is 2.70 bits per heavy atom. The summed E-state index contributed by atoms with van der Waals surface area (Å²) in [5, 5.41) is 1.00. The fourth-order valence-corrected chi connectivity index (χ4v) is 3.62. The molecule has 2 atom stereocenters. The highest BCUT2D eigenvalue weighted by Crippen LogP contribution is 2.30. The van der Waals surface area contributed by atoms with E-state index in [0.29, 0.717) is 18.7 Å². The summed E-state index contributed by atoms with van der Waals surface area (Å²) in [4.78, 5) is 13.3. The maximum Gasteiger partial charge on any atom is 0.336 e. The van der Waals surface area contributed by atoms with Gasteiger partial charge in [0.2, 0.25) is 0 Å². The smallest absolute Gasteiger partial charge is 0.336 e. The molecule has 2 heterocycles. The average Bonchev–Trinajstić information content (AvgIpc) is 2.65. The van der Waals surface area contributed by atoms with Gasteiger partial charge in [-0.1, -0.05) is 24.3 Å². The van der Waals surface area contributed by atoms with Gasteiger partial charge in [-0.2, -0.15) is 0 Å². The van der Waals surface area contributed by atoms with Crippen LogP contribution in [0.2, 0.25) is 0 Å². The van der Waals surface area contributed by atoms with E-state index in [0.717, 1.165) is 40.1 Å². The minimum absolute atomic E-state index is 0.0183. The molecule has 0 fully saturated rings. The van der Waals surface area contributed by atoms with E-state index in [1.54, 1.807) is 6.07 Å². The van der Waals surface area contributed by atoms with Crippen LogP contribution in [0.1, 0.15) is 16.7 Å². The van der Waals surface area contributed by atoms with E-state index in [9.17, 15) is 4.79 Å². The number of benzene rings is 2. The zero-order valence-corrected chi connectivity index (χ0v) is 15.9. The van der Waals surface area contributed by atoms with Gasteiger partial charge in [0.15, 0.2) is 17.6 Å². The molecule has 0 radical (unpaired) electrons. The Balaban J connectivity index is 1.53. The zero-order valence-electron chi connectivity index (χ0n) is 15.9. The molecule has 0 spiro atoms. The Labute approximate surface area is 158 Å². The highest BCUT2D eigenvalue weighted by Gasteiger charge is 2.24. The van der Waals surface area contributed by atoms with Crippen LogP contribution in [-0.4, -0.2) is 26.3 Å². The van der Waals surface area contributed by atoms with Crippen LogP contribution in [0.25, 0.3) is 11.0 Å². The third-order valence-electron chi connectivity index (χ3n) is 5.15. The van der Waals surface area contributed by atoms with Gasteiger partial charge >= 0.3 is 5.63 Å². The number of quaternary nitrogens is 1. The Hall–Kier alpha value is -2.79. The lowest BCUT2D eigenvalue weighted by Crippen LogP contribution is -3.09. The van der Waals surface area contributed by atoms with E-state index in [1.807, 2.05) is 44.2 Å². The average molecular weight is 366 g/mol. The van der Waals surface area contributed by atoms with Crippen molar-refractivity contribution < 1.29 is 18.8 Å². The van der Waals surface area contributed by atoms with Gasteiger partial charge in [0, 0.05) is 17.0 Å². The van der Waals surface area contributed by atoms with Crippen molar-refractivity contribution in [2.45, 2.75) is 26.5 Å². The third-order valence-corrected chi connectivity index (χ3v) is 5.15. The Morgan fingerprint density at radius 1 is 1.11 bits per heavy atom. The topological polar surface area (TPSA) is 53.1 Å². The van der Waals surface area contributed by atoms with Crippen LogP contribution < -0.4 is 20.0 Å². The number of fused-ring (bicyclic) bond motifs is 2. The molecule has 1 aliphatic rings. The summed E-state index contributed by atoms with van der Waals surface area (Å²) in [5.74, 6) is 1.59. The molecule has 1 unspecified atom stereocenters. The second-order valence-corrected chi connectivity index (χ2v) is 7.31. The van der Waals surface area contributed by atoms with Crippen molar-refractivity contribution in [1.29, 1.82) is 0 Å². The van der Waals surface area contributed by atoms with Crippen LogP contribution in [0.4, 0.5) is 0 Å². The highest BCUT2D eigenvalue weighted by atomic mass is 16.6. The van der Waals surface area contributed by atoms with Gasteiger partial charge in [-0.15, -0.1) is 0 Å². The molecular weight excluding hydrogens is 342 g/mol. The summed E-state index contributed by atoms with van der Waals surface area (Å²) in [7, 11) is 2.10. The quantitative estimate of drug-likeness (QED) is 0.720. The molecule has 5 nitrogen and oxygen atoms in total. The lowest BCUT2D eigenvalue weighted by Gasteiger charge is -2.28. The van der Waals surface area contributed by atoms with Gasteiger partial charge in [0.1, 0.15) is 25.3 Å². The number of ether oxygens (including phenoxy) is 2. The zero-order chi connectivity index (χ0) is 19.0. The molecule has 0 saturated carbocycles. The predicted molar refractivity (Wildman–Crippen MR) is 104 cm³/mol. The van der Waals surface area contributed by atoms with E-state index in [4.69, 9.17) is 13.9 Å². The summed E-state index contributed by atoms with van der Waals surface area (Å²) in [6, 6.07) is 13.5. The SMILES string of the molecule is Cc1ccc2c(C[NH+](C)C[C@@H]3COc4ccccc4O3)cc(=O)oc2c1C. The van der Waals surface area contributed by atoms with E-state index in [2.05, 4.69) is 13.1 Å². The number of hydrogen-bond donors (Lipinski definition) is 1. The second kappa shape index (κ2) is 7.08. The number of para-hydroxylation sites is 2. The van der Waals surface area contributed by atoms with Crippen molar-refractivity contribution in [3.8, 4) is 11.5 Å². The fourth-order valence-electron chi connectivity index (χ4n) is 3.62. The van der Waals surface area contributed by atoms with Crippen molar-refractivity contribution in [3.05, 3.63) is 69.6 Å². The molecule has 1 aromatic heterocycles. The lowest BCUT2D eigenvalue weighted by atomic mass is 10.0. The number of likely N-dealkylation sites (N-methyl/N-ethyl adjacent to an activating group) is 1. The third kappa shape index (κ3) is 3.55. The summed E-state index contributed by atoms with van der Waals surface area (Å²) < 4.78 is 17.3. The molecule has 27 heavy (non-hydrogen) atoms. The van der Waals surface area contributed by atoms with Crippen LogP contribution >= 0.6 is 0 Å². The number of rotatable bonds is 4. The van der Waals surface area contributed by atoms with E-state index in [-0.39, 0.29) is 11.7 Å². The normalized spacial score (nSPS) is 17.1. The Kier molecular flexibility index (Phi) is 4.62. The predicted octanol–water partition coefficient (Wildman–Crippen LogP) is 2.26. The molecule has 2 aromatic carbocycles. The van der Waals surface area contributed by atoms with Gasteiger partial charge in [-0.25, -0.2) is 4.79 Å². The number of hydrogen-bond acceptors (Lipinski definition) is 4. The minimum atomic E-state index is -0.301. The maximum absolute atomic E-state index is 12.1. The first kappa shape index (κ1) is 17.6. The van der Waals surface area contributed by atoms with Crippen molar-refractivity contribution in [2.24, 2.45) is 0 Å². The Morgan fingerprint density at radius 2 is 1.89 bits per heavy atom. The molecule has 1 N–H and O–H groups in total. The molecule has 4 rings (SSSR count). The lowest BCUT2D eigenvalue weighted by molar-refractivity contribution is -0.896. The minimum Gasteiger partial charge on any atom is -0.486 e. The second-order valence-electron chi connectivity index (χ2n) is 7.31. The van der Waals surface area contributed by atoms with E-state index in [1.165, 1.54) is 4.90 Å². The van der Waals surface area contributed by atoms with Crippen molar-refractivity contribution >= 4 is 11.0 Å². The van der Waals surface area contributed by atoms with Crippen LogP contribution in [0, 0.1) is 13.8 Å². The molecular formula is C22H24NO4+. The number of aryl methyl sites for hydroxylation is 2. The molecule has 140 valence electrons. The summed E-state index contributed by atoms with van der Waals surface area (Å²) in [6.07, 6.45) is -0.0183. The summed E-state index contributed by atoms with van der Waals surface area (Å²) >= 11 is 0. The molecule has 5 heteroatoms. The largest absolute Gasteiger partial charge is 0.486 e. The van der Waals surface area contributed by atoms with Crippen molar-refractivity contribution in [1.82, 2.24) is 0 Å². The van der Waals surface area contributed by atoms with Crippen LogP contribution in [-0.2, 0) is 6.54 Å². The Bertz CT molecular complexity index is 1040. The van der Waals surface area contributed by atoms with Gasteiger partial charge in [-0.3, -0.25) is 0 Å². The molecule has 0 amide bonds. The van der Waals surface area contributed by atoms with Crippen molar-refractivity contribution in [3.63, 3.8) is 0 Å². The van der Waals surface area contributed by atoms with Gasteiger partial charge in [0.25, 0.3) is 0 Å². The molecule has 0 saturated heterocycles. The first-order valence-corrected chi connectivity index (χ1v) is 9.24. The van der Waals surface area contributed by atoms with Gasteiger partial charge in [0.05, 0.1) is 7.05 Å². The molecule has 3 aromatic rings. The molecule has 0 aliphatic carbocycles. The first-order valence-electron chi connectivity index (χ1n) is 9.24. The maximum atomic E-state index is 12.1.